The maximum Gasteiger partial charge on any atom is 0.261 e. The van der Waals surface area contributed by atoms with E-state index in [2.05, 4.69) is 27.9 Å². The van der Waals surface area contributed by atoms with Gasteiger partial charge in [0.05, 0.1) is 7.11 Å². The average Bonchev–Trinajstić information content (AvgIpc) is 2.89. The largest absolute Gasteiger partial charge is 0.497 e. The van der Waals surface area contributed by atoms with E-state index in [4.69, 9.17) is 9.47 Å². The molecule has 0 aliphatic carbocycles. The number of halogens is 1. The van der Waals surface area contributed by atoms with Crippen LogP contribution in [-0.4, -0.2) is 43.0 Å². The van der Waals surface area contributed by atoms with Gasteiger partial charge in [-0.05, 0) is 76.0 Å². The highest BCUT2D eigenvalue weighted by atomic mass is 127. The third-order valence-electron chi connectivity index (χ3n) is 5.62. The number of amides is 2. The minimum absolute atomic E-state index is 0.173. The van der Waals surface area contributed by atoms with Crippen molar-refractivity contribution in [2.75, 3.05) is 20.3 Å². The minimum Gasteiger partial charge on any atom is -0.497 e. The second kappa shape index (κ2) is 13.9. The summed E-state index contributed by atoms with van der Waals surface area (Å²) >= 11 is 2.22. The summed E-state index contributed by atoms with van der Waals surface area (Å²) < 4.78 is 12.3. The Morgan fingerprint density at radius 2 is 1.61 bits per heavy atom. The molecule has 0 saturated carbocycles. The van der Waals surface area contributed by atoms with E-state index in [1.54, 1.807) is 12.0 Å². The summed E-state index contributed by atoms with van der Waals surface area (Å²) in [6.45, 7) is 4.69. The fourth-order valence-corrected chi connectivity index (χ4v) is 4.06. The van der Waals surface area contributed by atoms with Crippen molar-refractivity contribution in [3.05, 3.63) is 93.6 Å². The van der Waals surface area contributed by atoms with E-state index in [1.807, 2.05) is 92.7 Å². The van der Waals surface area contributed by atoms with E-state index in [0.717, 1.165) is 14.7 Å². The second-order valence-electron chi connectivity index (χ2n) is 8.96. The number of methoxy groups -OCH3 is 1. The van der Waals surface area contributed by atoms with Gasteiger partial charge in [0.2, 0.25) is 5.91 Å². The van der Waals surface area contributed by atoms with Crippen LogP contribution in [0, 0.1) is 9.49 Å². The molecule has 2 amide bonds. The van der Waals surface area contributed by atoms with Crippen molar-refractivity contribution in [3.63, 3.8) is 0 Å². The molecule has 190 valence electrons. The molecule has 3 rings (SSSR count). The minimum atomic E-state index is -0.704. The number of nitrogens with one attached hydrogen (secondary N) is 1. The molecule has 0 saturated heterocycles. The maximum atomic E-state index is 13.6. The smallest absolute Gasteiger partial charge is 0.261 e. The summed E-state index contributed by atoms with van der Waals surface area (Å²) in [6.07, 6.45) is 0.393. The van der Waals surface area contributed by atoms with Crippen molar-refractivity contribution in [1.29, 1.82) is 0 Å². The Bertz CT molecular complexity index is 1120. The van der Waals surface area contributed by atoms with Crippen LogP contribution in [0.2, 0.25) is 0 Å². The third kappa shape index (κ3) is 8.55. The highest BCUT2D eigenvalue weighted by Gasteiger charge is 2.30. The lowest BCUT2D eigenvalue weighted by Crippen LogP contribution is -2.52. The van der Waals surface area contributed by atoms with Gasteiger partial charge >= 0.3 is 0 Å². The number of hydrogen-bond acceptors (Lipinski definition) is 4. The molecular weight excluding hydrogens is 567 g/mol. The summed E-state index contributed by atoms with van der Waals surface area (Å²) in [6, 6.07) is 24.1. The first-order valence-corrected chi connectivity index (χ1v) is 13.1. The molecule has 0 aliphatic heterocycles. The van der Waals surface area contributed by atoms with Crippen molar-refractivity contribution in [2.45, 2.75) is 32.9 Å². The number of nitrogens with zero attached hydrogens (tertiary/aromatic N) is 1. The number of rotatable bonds is 12. The Labute approximate surface area is 227 Å². The first kappa shape index (κ1) is 27.5. The number of carbonyl (C=O) groups is 2. The van der Waals surface area contributed by atoms with Crippen LogP contribution < -0.4 is 14.8 Å². The van der Waals surface area contributed by atoms with Crippen molar-refractivity contribution >= 4 is 34.4 Å². The van der Waals surface area contributed by atoms with Crippen LogP contribution in [0.15, 0.2) is 78.9 Å². The van der Waals surface area contributed by atoms with Crippen molar-refractivity contribution < 1.29 is 19.1 Å². The molecular formula is C29H33IN2O4. The standard InChI is InChI=1S/C29H33IN2O4/c1-21(2)18-31-29(34)27(17-22-8-5-4-6-9-22)32(19-23-10-7-11-26(16-23)35-3)28(33)20-36-25-14-12-24(30)13-15-25/h4-16,21,27H,17-20H2,1-3H3,(H,31,34)/t27-/m1/s1. The number of hydrogen-bond donors (Lipinski definition) is 1. The molecule has 0 spiro atoms. The van der Waals surface area contributed by atoms with Gasteiger partial charge in [-0.2, -0.15) is 0 Å². The molecule has 0 radical (unpaired) electrons. The van der Waals surface area contributed by atoms with Gasteiger partial charge in [-0.15, -0.1) is 0 Å². The summed E-state index contributed by atoms with van der Waals surface area (Å²) in [5, 5.41) is 3.03. The quantitative estimate of drug-likeness (QED) is 0.294. The van der Waals surface area contributed by atoms with Gasteiger partial charge in [0, 0.05) is 23.1 Å². The SMILES string of the molecule is COc1cccc(CN(C(=O)COc2ccc(I)cc2)[C@H](Cc2ccccc2)C(=O)NCC(C)C)c1. The Hall–Kier alpha value is -3.07. The first-order valence-electron chi connectivity index (χ1n) is 12.0. The van der Waals surface area contributed by atoms with E-state index >= 15 is 0 Å². The Kier molecular flexibility index (Phi) is 10.6. The predicted molar refractivity (Wildman–Crippen MR) is 150 cm³/mol. The normalized spacial score (nSPS) is 11.6. The summed E-state index contributed by atoms with van der Waals surface area (Å²) in [5.41, 5.74) is 1.84. The molecule has 0 unspecified atom stereocenters. The molecule has 6 nitrogen and oxygen atoms in total. The lowest BCUT2D eigenvalue weighted by molar-refractivity contribution is -0.142. The van der Waals surface area contributed by atoms with Gasteiger partial charge in [0.15, 0.2) is 6.61 Å². The van der Waals surface area contributed by atoms with Crippen LogP contribution in [0.1, 0.15) is 25.0 Å². The van der Waals surface area contributed by atoms with Crippen LogP contribution in [0.5, 0.6) is 11.5 Å². The van der Waals surface area contributed by atoms with E-state index in [-0.39, 0.29) is 30.9 Å². The fourth-order valence-electron chi connectivity index (χ4n) is 3.70. The molecule has 0 fully saturated rings. The number of ether oxygens (including phenoxy) is 2. The van der Waals surface area contributed by atoms with Gasteiger partial charge in [0.1, 0.15) is 17.5 Å². The van der Waals surface area contributed by atoms with Gasteiger partial charge in [-0.25, -0.2) is 0 Å². The number of benzene rings is 3. The zero-order valence-electron chi connectivity index (χ0n) is 20.9. The Balaban J connectivity index is 1.90. The molecule has 36 heavy (non-hydrogen) atoms. The van der Waals surface area contributed by atoms with Crippen LogP contribution >= 0.6 is 22.6 Å². The molecule has 1 atom stereocenters. The lowest BCUT2D eigenvalue weighted by Gasteiger charge is -2.31. The van der Waals surface area contributed by atoms with Crippen LogP contribution in [0.25, 0.3) is 0 Å². The van der Waals surface area contributed by atoms with Gasteiger partial charge < -0.3 is 19.7 Å². The highest BCUT2D eigenvalue weighted by molar-refractivity contribution is 14.1. The van der Waals surface area contributed by atoms with Crippen LogP contribution in [0.4, 0.5) is 0 Å². The van der Waals surface area contributed by atoms with Crippen LogP contribution in [0.3, 0.4) is 0 Å². The molecule has 3 aromatic carbocycles. The van der Waals surface area contributed by atoms with Crippen molar-refractivity contribution in [3.8, 4) is 11.5 Å². The zero-order chi connectivity index (χ0) is 25.9. The van der Waals surface area contributed by atoms with E-state index in [9.17, 15) is 9.59 Å². The molecule has 0 heterocycles. The monoisotopic (exact) mass is 600 g/mol. The topological polar surface area (TPSA) is 67.9 Å². The molecule has 0 aromatic heterocycles. The molecule has 0 aliphatic rings. The zero-order valence-corrected chi connectivity index (χ0v) is 23.1. The molecule has 0 bridgehead atoms. The number of carbonyl (C=O) groups excluding carboxylic acids is 2. The van der Waals surface area contributed by atoms with E-state index in [0.29, 0.717) is 24.5 Å². The highest BCUT2D eigenvalue weighted by Crippen LogP contribution is 2.19. The molecule has 1 N–H and O–H groups in total. The van der Waals surface area contributed by atoms with E-state index in [1.165, 1.54) is 0 Å². The second-order valence-corrected chi connectivity index (χ2v) is 10.2. The summed E-state index contributed by atoms with van der Waals surface area (Å²) in [7, 11) is 1.61. The third-order valence-corrected chi connectivity index (χ3v) is 6.34. The predicted octanol–water partition coefficient (Wildman–Crippen LogP) is 5.09. The van der Waals surface area contributed by atoms with Gasteiger partial charge in [-0.1, -0.05) is 56.3 Å². The van der Waals surface area contributed by atoms with E-state index < -0.39 is 6.04 Å². The Morgan fingerprint density at radius 1 is 0.917 bits per heavy atom. The fraction of sp³-hybridized carbons (Fsp3) is 0.310. The molecule has 3 aromatic rings. The van der Waals surface area contributed by atoms with Crippen LogP contribution in [-0.2, 0) is 22.6 Å². The molecule has 7 heteroatoms. The maximum absolute atomic E-state index is 13.6. The lowest BCUT2D eigenvalue weighted by atomic mass is 10.0. The Morgan fingerprint density at radius 3 is 2.28 bits per heavy atom. The van der Waals surface area contributed by atoms with Crippen molar-refractivity contribution in [2.24, 2.45) is 5.92 Å². The van der Waals surface area contributed by atoms with Gasteiger partial charge in [0.25, 0.3) is 5.91 Å². The van der Waals surface area contributed by atoms with Crippen molar-refractivity contribution in [1.82, 2.24) is 10.2 Å². The first-order chi connectivity index (χ1) is 17.4. The van der Waals surface area contributed by atoms with Gasteiger partial charge in [-0.3, -0.25) is 9.59 Å². The summed E-state index contributed by atoms with van der Waals surface area (Å²) in [4.78, 5) is 28.7. The summed E-state index contributed by atoms with van der Waals surface area (Å²) in [5.74, 6) is 1.14. The average molecular weight is 600 g/mol.